The second kappa shape index (κ2) is 5.53. The van der Waals surface area contributed by atoms with Crippen molar-refractivity contribution in [3.8, 4) is 11.3 Å². The summed E-state index contributed by atoms with van der Waals surface area (Å²) in [5, 5.41) is 0. The van der Waals surface area contributed by atoms with Crippen molar-refractivity contribution in [2.75, 3.05) is 0 Å². The Morgan fingerprint density at radius 2 is 1.82 bits per heavy atom. The molecular weight excluding hydrogens is 266 g/mol. The molecule has 1 nitrogen and oxygen atoms in total. The second-order valence-corrected chi connectivity index (χ2v) is 7.53. The van der Waals surface area contributed by atoms with Crippen LogP contribution in [0.1, 0.15) is 62.5 Å². The molecule has 0 amide bonds. The van der Waals surface area contributed by atoms with Gasteiger partial charge in [-0.15, -0.1) is 0 Å². The highest BCUT2D eigenvalue weighted by molar-refractivity contribution is 5.60. The Bertz CT molecular complexity index is 656. The van der Waals surface area contributed by atoms with Crippen LogP contribution in [0.25, 0.3) is 11.3 Å². The second-order valence-electron chi connectivity index (χ2n) is 7.53. The lowest BCUT2D eigenvalue weighted by atomic mass is 9.83. The molecule has 1 aromatic heterocycles. The van der Waals surface area contributed by atoms with E-state index in [1.807, 2.05) is 6.20 Å². The first-order valence-corrected chi connectivity index (χ1v) is 8.77. The molecule has 0 N–H and O–H groups in total. The monoisotopic (exact) mass is 291 g/mol. The summed E-state index contributed by atoms with van der Waals surface area (Å²) in [5.41, 5.74) is 5.26. The lowest BCUT2D eigenvalue weighted by Gasteiger charge is -2.22. The van der Waals surface area contributed by atoms with E-state index in [9.17, 15) is 0 Å². The fraction of sp³-hybridized carbons (Fsp3) is 0.476. The Kier molecular flexibility index (Phi) is 3.52. The van der Waals surface area contributed by atoms with Crippen LogP contribution in [-0.2, 0) is 0 Å². The van der Waals surface area contributed by atoms with Gasteiger partial charge >= 0.3 is 0 Å². The van der Waals surface area contributed by atoms with Crippen molar-refractivity contribution in [3.05, 3.63) is 53.7 Å². The smallest absolute Gasteiger partial charge is 0.0704 e. The number of rotatable bonds is 3. The molecule has 2 bridgehead atoms. The largest absolute Gasteiger partial charge is 0.256 e. The molecule has 0 saturated heterocycles. The number of hydrogen-bond acceptors (Lipinski definition) is 1. The van der Waals surface area contributed by atoms with Crippen LogP contribution in [0.3, 0.4) is 0 Å². The van der Waals surface area contributed by atoms with Crippen LogP contribution in [0.5, 0.6) is 0 Å². The number of benzene rings is 1. The summed E-state index contributed by atoms with van der Waals surface area (Å²) < 4.78 is 0. The standard InChI is InChI=1S/C21H25N/c1-14(2)18-9-10-22-21(13-18)17-7-5-16(6-8-17)20-12-15-3-4-19(20)11-15/h5-10,13-15,19-20H,3-4,11-12H2,1-2H3. The van der Waals surface area contributed by atoms with Crippen molar-refractivity contribution in [3.63, 3.8) is 0 Å². The van der Waals surface area contributed by atoms with Crippen molar-refractivity contribution in [1.82, 2.24) is 4.98 Å². The van der Waals surface area contributed by atoms with E-state index in [0.29, 0.717) is 5.92 Å². The first kappa shape index (κ1) is 14.0. The lowest BCUT2D eigenvalue weighted by molar-refractivity contribution is 0.420. The fourth-order valence-electron chi connectivity index (χ4n) is 4.52. The van der Waals surface area contributed by atoms with E-state index in [2.05, 4.69) is 55.2 Å². The molecule has 2 aliphatic rings. The van der Waals surface area contributed by atoms with E-state index in [1.54, 1.807) is 5.56 Å². The van der Waals surface area contributed by atoms with Crippen LogP contribution in [-0.4, -0.2) is 4.98 Å². The van der Waals surface area contributed by atoms with Crippen molar-refractivity contribution in [2.24, 2.45) is 11.8 Å². The molecular formula is C21H25N. The average molecular weight is 291 g/mol. The maximum absolute atomic E-state index is 4.56. The zero-order valence-electron chi connectivity index (χ0n) is 13.6. The van der Waals surface area contributed by atoms with E-state index < -0.39 is 0 Å². The SMILES string of the molecule is CC(C)c1ccnc(-c2ccc(C3CC4CCC3C4)cc2)c1. The third-order valence-corrected chi connectivity index (χ3v) is 5.82. The van der Waals surface area contributed by atoms with Crippen molar-refractivity contribution >= 4 is 0 Å². The molecule has 2 saturated carbocycles. The normalized spacial score (nSPS) is 26.8. The minimum atomic E-state index is 0.551. The summed E-state index contributed by atoms with van der Waals surface area (Å²) in [7, 11) is 0. The van der Waals surface area contributed by atoms with E-state index in [-0.39, 0.29) is 0 Å². The van der Waals surface area contributed by atoms with Gasteiger partial charge in [0, 0.05) is 11.8 Å². The zero-order chi connectivity index (χ0) is 15.1. The van der Waals surface area contributed by atoms with Gasteiger partial charge in [0.2, 0.25) is 0 Å². The summed E-state index contributed by atoms with van der Waals surface area (Å²) in [5.74, 6) is 3.34. The van der Waals surface area contributed by atoms with Crippen molar-refractivity contribution < 1.29 is 0 Å². The summed E-state index contributed by atoms with van der Waals surface area (Å²) in [6.07, 6.45) is 7.77. The minimum Gasteiger partial charge on any atom is -0.256 e. The van der Waals surface area contributed by atoms with Gasteiger partial charge in [0.05, 0.1) is 5.69 Å². The Hall–Kier alpha value is -1.63. The van der Waals surface area contributed by atoms with Gasteiger partial charge in [-0.05, 0) is 66.2 Å². The van der Waals surface area contributed by atoms with Crippen LogP contribution in [0.4, 0.5) is 0 Å². The molecule has 1 heterocycles. The number of aromatic nitrogens is 1. The third kappa shape index (κ3) is 2.47. The molecule has 114 valence electrons. The van der Waals surface area contributed by atoms with Gasteiger partial charge in [-0.2, -0.15) is 0 Å². The van der Waals surface area contributed by atoms with E-state index in [4.69, 9.17) is 0 Å². The van der Waals surface area contributed by atoms with Gasteiger partial charge in [-0.3, -0.25) is 4.98 Å². The van der Waals surface area contributed by atoms with Crippen LogP contribution in [0.2, 0.25) is 0 Å². The topological polar surface area (TPSA) is 12.9 Å². The molecule has 0 aliphatic heterocycles. The Balaban J connectivity index is 1.58. The summed E-state index contributed by atoms with van der Waals surface area (Å²) in [6.45, 7) is 4.47. The molecule has 1 aromatic carbocycles. The summed E-state index contributed by atoms with van der Waals surface area (Å²) in [4.78, 5) is 4.56. The molecule has 2 aromatic rings. The molecule has 2 fully saturated rings. The molecule has 3 atom stereocenters. The van der Waals surface area contributed by atoms with Crippen LogP contribution >= 0.6 is 0 Å². The van der Waals surface area contributed by atoms with Gasteiger partial charge in [0.1, 0.15) is 0 Å². The highest BCUT2D eigenvalue weighted by atomic mass is 14.7. The predicted octanol–water partition coefficient (Wildman–Crippen LogP) is 5.78. The fourth-order valence-corrected chi connectivity index (χ4v) is 4.52. The number of fused-ring (bicyclic) bond motifs is 2. The highest BCUT2D eigenvalue weighted by Gasteiger charge is 2.39. The van der Waals surface area contributed by atoms with E-state index in [0.717, 1.165) is 23.4 Å². The maximum atomic E-state index is 4.56. The Morgan fingerprint density at radius 1 is 1.00 bits per heavy atom. The van der Waals surface area contributed by atoms with Gasteiger partial charge in [0.15, 0.2) is 0 Å². The number of nitrogens with zero attached hydrogens (tertiary/aromatic N) is 1. The third-order valence-electron chi connectivity index (χ3n) is 5.82. The van der Waals surface area contributed by atoms with Crippen LogP contribution < -0.4 is 0 Å². The van der Waals surface area contributed by atoms with E-state index >= 15 is 0 Å². The maximum Gasteiger partial charge on any atom is 0.0704 e. The zero-order valence-corrected chi connectivity index (χ0v) is 13.6. The van der Waals surface area contributed by atoms with Crippen molar-refractivity contribution in [1.29, 1.82) is 0 Å². The Labute approximate surface area is 133 Å². The summed E-state index contributed by atoms with van der Waals surface area (Å²) in [6, 6.07) is 13.6. The predicted molar refractivity (Wildman–Crippen MR) is 92.0 cm³/mol. The number of hydrogen-bond donors (Lipinski definition) is 0. The van der Waals surface area contributed by atoms with Gasteiger partial charge in [-0.25, -0.2) is 0 Å². The average Bonchev–Trinajstić information content (AvgIpc) is 3.18. The Morgan fingerprint density at radius 3 is 2.45 bits per heavy atom. The van der Waals surface area contributed by atoms with Crippen LogP contribution in [0.15, 0.2) is 42.6 Å². The molecule has 1 heteroatoms. The minimum absolute atomic E-state index is 0.551. The molecule has 22 heavy (non-hydrogen) atoms. The molecule has 0 spiro atoms. The number of pyridine rings is 1. The van der Waals surface area contributed by atoms with Crippen LogP contribution in [0, 0.1) is 11.8 Å². The van der Waals surface area contributed by atoms with Gasteiger partial charge in [-0.1, -0.05) is 44.5 Å². The van der Waals surface area contributed by atoms with Gasteiger partial charge < -0.3 is 0 Å². The lowest BCUT2D eigenvalue weighted by Crippen LogP contribution is -2.08. The first-order chi connectivity index (χ1) is 10.7. The molecule has 4 rings (SSSR count). The van der Waals surface area contributed by atoms with E-state index in [1.165, 1.54) is 36.8 Å². The highest BCUT2D eigenvalue weighted by Crippen LogP contribution is 2.52. The quantitative estimate of drug-likeness (QED) is 0.699. The molecule has 3 unspecified atom stereocenters. The molecule has 0 radical (unpaired) electrons. The summed E-state index contributed by atoms with van der Waals surface area (Å²) >= 11 is 0. The first-order valence-electron chi connectivity index (χ1n) is 8.77. The van der Waals surface area contributed by atoms with Gasteiger partial charge in [0.25, 0.3) is 0 Å². The van der Waals surface area contributed by atoms with Crippen molar-refractivity contribution in [2.45, 2.75) is 51.4 Å². The molecule has 2 aliphatic carbocycles.